The number of ether oxygens (including phenoxy) is 1. The summed E-state index contributed by atoms with van der Waals surface area (Å²) in [5.74, 6) is 0. The highest BCUT2D eigenvalue weighted by molar-refractivity contribution is 5.77. The molecule has 0 saturated carbocycles. The molecule has 94 valence electrons. The molecular formula is C16H19NO. The van der Waals surface area contributed by atoms with Crippen LogP contribution in [0, 0.1) is 0 Å². The van der Waals surface area contributed by atoms with Crippen LogP contribution >= 0.6 is 0 Å². The molecule has 0 aliphatic carbocycles. The van der Waals surface area contributed by atoms with Crippen molar-refractivity contribution in [1.82, 2.24) is 0 Å². The molecule has 0 aliphatic rings. The Hall–Kier alpha value is -1.80. The average molecular weight is 241 g/mol. The Bertz CT molecular complexity index is 481. The maximum atomic E-state index is 5.16. The van der Waals surface area contributed by atoms with Gasteiger partial charge in [0, 0.05) is 24.4 Å². The molecule has 2 rings (SSSR count). The van der Waals surface area contributed by atoms with Gasteiger partial charge in [-0.2, -0.15) is 0 Å². The van der Waals surface area contributed by atoms with Crippen molar-refractivity contribution in [3.05, 3.63) is 54.6 Å². The van der Waals surface area contributed by atoms with Crippen LogP contribution in [0.25, 0.3) is 11.1 Å². The Morgan fingerprint density at radius 1 is 1.00 bits per heavy atom. The van der Waals surface area contributed by atoms with E-state index >= 15 is 0 Å². The molecular weight excluding hydrogens is 222 g/mol. The van der Waals surface area contributed by atoms with Crippen molar-refractivity contribution in [2.45, 2.75) is 13.0 Å². The van der Waals surface area contributed by atoms with Gasteiger partial charge in [-0.3, -0.25) is 0 Å². The van der Waals surface area contributed by atoms with Gasteiger partial charge in [0.15, 0.2) is 0 Å². The fourth-order valence-corrected chi connectivity index (χ4v) is 2.04. The number of benzene rings is 2. The van der Waals surface area contributed by atoms with Crippen molar-refractivity contribution in [1.29, 1.82) is 0 Å². The maximum Gasteiger partial charge on any atom is 0.0661 e. The molecule has 2 heteroatoms. The fraction of sp³-hybridized carbons (Fsp3) is 0.250. The average Bonchev–Trinajstić information content (AvgIpc) is 2.40. The number of nitrogens with one attached hydrogen (secondary N) is 1. The van der Waals surface area contributed by atoms with E-state index in [1.807, 2.05) is 12.1 Å². The lowest BCUT2D eigenvalue weighted by atomic mass is 10.0. The first kappa shape index (κ1) is 12.7. The van der Waals surface area contributed by atoms with Crippen LogP contribution in [0.1, 0.15) is 6.92 Å². The van der Waals surface area contributed by atoms with E-state index in [4.69, 9.17) is 4.74 Å². The lowest BCUT2D eigenvalue weighted by Crippen LogP contribution is -2.21. The molecule has 2 nitrogen and oxygen atoms in total. The van der Waals surface area contributed by atoms with Gasteiger partial charge in [-0.25, -0.2) is 0 Å². The van der Waals surface area contributed by atoms with E-state index in [2.05, 4.69) is 54.7 Å². The SMILES string of the molecule is COCC(C)Nc1ccccc1-c1ccccc1. The van der Waals surface area contributed by atoms with E-state index < -0.39 is 0 Å². The van der Waals surface area contributed by atoms with Crippen LogP contribution in [-0.4, -0.2) is 19.8 Å². The molecule has 0 aliphatic heterocycles. The van der Waals surface area contributed by atoms with Crippen molar-refractivity contribution in [3.63, 3.8) is 0 Å². The summed E-state index contributed by atoms with van der Waals surface area (Å²) in [7, 11) is 1.72. The van der Waals surface area contributed by atoms with Gasteiger partial charge < -0.3 is 10.1 Å². The zero-order chi connectivity index (χ0) is 12.8. The van der Waals surface area contributed by atoms with Crippen LogP contribution in [0.5, 0.6) is 0 Å². The fourth-order valence-electron chi connectivity index (χ4n) is 2.04. The number of anilines is 1. The Balaban J connectivity index is 2.26. The minimum absolute atomic E-state index is 0.292. The summed E-state index contributed by atoms with van der Waals surface area (Å²) in [6.45, 7) is 2.81. The second-order valence-corrected chi connectivity index (χ2v) is 4.41. The number of hydrogen-bond donors (Lipinski definition) is 1. The lowest BCUT2D eigenvalue weighted by Gasteiger charge is -2.17. The predicted octanol–water partition coefficient (Wildman–Crippen LogP) is 3.80. The van der Waals surface area contributed by atoms with Gasteiger partial charge in [-0.1, -0.05) is 48.5 Å². The minimum Gasteiger partial charge on any atom is -0.383 e. The molecule has 1 atom stereocenters. The third kappa shape index (κ3) is 3.11. The predicted molar refractivity (Wildman–Crippen MR) is 76.8 cm³/mol. The van der Waals surface area contributed by atoms with Crippen molar-refractivity contribution in [2.75, 3.05) is 19.0 Å². The van der Waals surface area contributed by atoms with Crippen LogP contribution < -0.4 is 5.32 Å². The third-order valence-corrected chi connectivity index (χ3v) is 2.83. The van der Waals surface area contributed by atoms with E-state index in [0.717, 1.165) is 5.69 Å². The summed E-state index contributed by atoms with van der Waals surface area (Å²) >= 11 is 0. The molecule has 1 N–H and O–H groups in total. The van der Waals surface area contributed by atoms with Crippen molar-refractivity contribution in [2.24, 2.45) is 0 Å². The van der Waals surface area contributed by atoms with Gasteiger partial charge in [0.25, 0.3) is 0 Å². The zero-order valence-electron chi connectivity index (χ0n) is 10.9. The molecule has 1 unspecified atom stereocenters. The molecule has 18 heavy (non-hydrogen) atoms. The van der Waals surface area contributed by atoms with E-state index in [1.165, 1.54) is 11.1 Å². The Morgan fingerprint density at radius 2 is 1.67 bits per heavy atom. The first-order valence-electron chi connectivity index (χ1n) is 6.21. The number of methoxy groups -OCH3 is 1. The molecule has 2 aromatic carbocycles. The standard InChI is InChI=1S/C16H19NO/c1-13(12-18-2)17-16-11-7-6-10-15(16)14-8-4-3-5-9-14/h3-11,13,17H,12H2,1-2H3. The maximum absolute atomic E-state index is 5.16. The first-order chi connectivity index (χ1) is 8.81. The van der Waals surface area contributed by atoms with Gasteiger partial charge in [-0.15, -0.1) is 0 Å². The molecule has 0 amide bonds. The van der Waals surface area contributed by atoms with Crippen LogP contribution in [0.2, 0.25) is 0 Å². The van der Waals surface area contributed by atoms with E-state index in [0.29, 0.717) is 12.6 Å². The molecule has 0 saturated heterocycles. The van der Waals surface area contributed by atoms with Gasteiger partial charge in [0.05, 0.1) is 6.61 Å². The molecule has 0 fully saturated rings. The summed E-state index contributed by atoms with van der Waals surface area (Å²) in [6, 6.07) is 19.1. The number of hydrogen-bond acceptors (Lipinski definition) is 2. The third-order valence-electron chi connectivity index (χ3n) is 2.83. The number of para-hydroxylation sites is 1. The highest BCUT2D eigenvalue weighted by atomic mass is 16.5. The molecule has 0 heterocycles. The monoisotopic (exact) mass is 241 g/mol. The molecule has 0 radical (unpaired) electrons. The van der Waals surface area contributed by atoms with Crippen LogP contribution in [0.3, 0.4) is 0 Å². The Kier molecular flexibility index (Phi) is 4.37. The quantitative estimate of drug-likeness (QED) is 0.859. The highest BCUT2D eigenvalue weighted by Gasteiger charge is 2.06. The molecule has 0 bridgehead atoms. The summed E-state index contributed by atoms with van der Waals surface area (Å²) in [6.07, 6.45) is 0. The largest absolute Gasteiger partial charge is 0.383 e. The lowest BCUT2D eigenvalue weighted by molar-refractivity contribution is 0.190. The Labute approximate surface area is 109 Å². The van der Waals surface area contributed by atoms with E-state index in [9.17, 15) is 0 Å². The van der Waals surface area contributed by atoms with E-state index in [-0.39, 0.29) is 0 Å². The van der Waals surface area contributed by atoms with Crippen LogP contribution in [0.15, 0.2) is 54.6 Å². The Morgan fingerprint density at radius 3 is 2.39 bits per heavy atom. The van der Waals surface area contributed by atoms with Gasteiger partial charge in [0.1, 0.15) is 0 Å². The van der Waals surface area contributed by atoms with Gasteiger partial charge in [-0.05, 0) is 18.6 Å². The summed E-state index contributed by atoms with van der Waals surface area (Å²) < 4.78 is 5.16. The topological polar surface area (TPSA) is 21.3 Å². The first-order valence-corrected chi connectivity index (χ1v) is 6.21. The second-order valence-electron chi connectivity index (χ2n) is 4.41. The second kappa shape index (κ2) is 6.22. The highest BCUT2D eigenvalue weighted by Crippen LogP contribution is 2.27. The smallest absolute Gasteiger partial charge is 0.0661 e. The summed E-state index contributed by atoms with van der Waals surface area (Å²) in [4.78, 5) is 0. The van der Waals surface area contributed by atoms with Crippen molar-refractivity contribution < 1.29 is 4.74 Å². The summed E-state index contributed by atoms with van der Waals surface area (Å²) in [5.41, 5.74) is 3.60. The number of rotatable bonds is 5. The van der Waals surface area contributed by atoms with Crippen LogP contribution in [-0.2, 0) is 4.74 Å². The normalized spacial score (nSPS) is 12.1. The molecule has 0 spiro atoms. The van der Waals surface area contributed by atoms with Crippen molar-refractivity contribution in [3.8, 4) is 11.1 Å². The van der Waals surface area contributed by atoms with Gasteiger partial charge >= 0.3 is 0 Å². The zero-order valence-corrected chi connectivity index (χ0v) is 10.9. The van der Waals surface area contributed by atoms with Gasteiger partial charge in [0.2, 0.25) is 0 Å². The van der Waals surface area contributed by atoms with E-state index in [1.54, 1.807) is 7.11 Å². The molecule has 0 aromatic heterocycles. The van der Waals surface area contributed by atoms with Crippen molar-refractivity contribution >= 4 is 5.69 Å². The summed E-state index contributed by atoms with van der Waals surface area (Å²) in [5, 5.41) is 3.48. The molecule has 2 aromatic rings. The minimum atomic E-state index is 0.292. The van der Waals surface area contributed by atoms with Crippen LogP contribution in [0.4, 0.5) is 5.69 Å².